The molecule has 0 bridgehead atoms. The average Bonchev–Trinajstić information content (AvgIpc) is 3.12. The van der Waals surface area contributed by atoms with E-state index in [9.17, 15) is 4.79 Å². The number of anilines is 2. The summed E-state index contributed by atoms with van der Waals surface area (Å²) in [6, 6.07) is 16.5. The van der Waals surface area contributed by atoms with Crippen LogP contribution in [0.1, 0.15) is 6.92 Å². The molecule has 0 amide bonds. The monoisotopic (exact) mass is 366 g/mol. The zero-order chi connectivity index (χ0) is 17.4. The summed E-state index contributed by atoms with van der Waals surface area (Å²) in [5.74, 6) is 0.0240. The van der Waals surface area contributed by atoms with Crippen LogP contribution in [0.25, 0.3) is 0 Å². The van der Waals surface area contributed by atoms with Gasteiger partial charge in [-0.05, 0) is 31.2 Å². The molecule has 126 valence electrons. The number of para-hydroxylation sites is 2. The predicted molar refractivity (Wildman–Crippen MR) is 107 cm³/mol. The molecule has 0 aliphatic carbocycles. The third-order valence-corrected chi connectivity index (χ3v) is 6.53. The maximum atomic E-state index is 12.6. The van der Waals surface area contributed by atoms with Crippen LogP contribution in [0.3, 0.4) is 0 Å². The van der Waals surface area contributed by atoms with Crippen LogP contribution in [0.15, 0.2) is 80.5 Å². The molecule has 0 saturated carbocycles. The summed E-state index contributed by atoms with van der Waals surface area (Å²) in [4.78, 5) is 19.3. The SMILES string of the molecule is CCN1C(=CC(=O)C=C2Sc3ccccc3N2C)Sc2ccccc21. The second kappa shape index (κ2) is 6.65. The van der Waals surface area contributed by atoms with Crippen molar-refractivity contribution in [2.45, 2.75) is 16.7 Å². The highest BCUT2D eigenvalue weighted by atomic mass is 32.2. The van der Waals surface area contributed by atoms with Gasteiger partial charge in [-0.1, -0.05) is 47.8 Å². The summed E-state index contributed by atoms with van der Waals surface area (Å²) in [6.45, 7) is 2.95. The van der Waals surface area contributed by atoms with Crippen LogP contribution < -0.4 is 9.80 Å². The van der Waals surface area contributed by atoms with Crippen molar-refractivity contribution in [3.8, 4) is 0 Å². The van der Waals surface area contributed by atoms with Crippen molar-refractivity contribution in [1.82, 2.24) is 0 Å². The molecule has 2 aromatic carbocycles. The zero-order valence-corrected chi connectivity index (χ0v) is 15.7. The lowest BCUT2D eigenvalue weighted by Crippen LogP contribution is -2.17. The molecule has 0 atom stereocenters. The van der Waals surface area contributed by atoms with E-state index in [2.05, 4.69) is 41.0 Å². The van der Waals surface area contributed by atoms with Crippen molar-refractivity contribution in [1.29, 1.82) is 0 Å². The van der Waals surface area contributed by atoms with Crippen LogP contribution in [-0.4, -0.2) is 19.4 Å². The molecule has 0 spiro atoms. The van der Waals surface area contributed by atoms with Crippen molar-refractivity contribution in [3.05, 3.63) is 70.7 Å². The molecule has 0 N–H and O–H groups in total. The Balaban J connectivity index is 1.58. The number of nitrogens with zero attached hydrogens (tertiary/aromatic N) is 2. The van der Waals surface area contributed by atoms with E-state index in [0.29, 0.717) is 0 Å². The van der Waals surface area contributed by atoms with E-state index in [4.69, 9.17) is 0 Å². The molecule has 0 fully saturated rings. The molecule has 2 aromatic rings. The first-order valence-electron chi connectivity index (χ1n) is 8.19. The largest absolute Gasteiger partial charge is 0.338 e. The van der Waals surface area contributed by atoms with Gasteiger partial charge in [-0.25, -0.2) is 0 Å². The van der Waals surface area contributed by atoms with Gasteiger partial charge in [0.15, 0.2) is 5.78 Å². The smallest absolute Gasteiger partial charge is 0.183 e. The minimum Gasteiger partial charge on any atom is -0.338 e. The molecule has 2 heterocycles. The Labute approximate surface area is 156 Å². The van der Waals surface area contributed by atoms with Gasteiger partial charge in [-0.2, -0.15) is 0 Å². The van der Waals surface area contributed by atoms with Crippen molar-refractivity contribution < 1.29 is 4.79 Å². The highest BCUT2D eigenvalue weighted by Gasteiger charge is 2.25. The summed E-state index contributed by atoms with van der Waals surface area (Å²) >= 11 is 3.30. The predicted octanol–water partition coefficient (Wildman–Crippen LogP) is 5.11. The van der Waals surface area contributed by atoms with Crippen molar-refractivity contribution in [3.63, 3.8) is 0 Å². The van der Waals surface area contributed by atoms with Gasteiger partial charge in [0.05, 0.1) is 21.4 Å². The highest BCUT2D eigenvalue weighted by Crippen LogP contribution is 2.46. The summed E-state index contributed by atoms with van der Waals surface area (Å²) in [6.07, 6.45) is 3.48. The van der Waals surface area contributed by atoms with Crippen LogP contribution in [-0.2, 0) is 4.79 Å². The number of hydrogen-bond acceptors (Lipinski definition) is 5. The molecule has 2 aliphatic rings. The number of ketones is 1. The number of rotatable bonds is 3. The van der Waals surface area contributed by atoms with E-state index in [0.717, 1.165) is 22.3 Å². The molecule has 0 radical (unpaired) electrons. The van der Waals surface area contributed by atoms with Gasteiger partial charge in [0.25, 0.3) is 0 Å². The maximum Gasteiger partial charge on any atom is 0.183 e. The van der Waals surface area contributed by atoms with Crippen LogP contribution in [0.2, 0.25) is 0 Å². The minimum absolute atomic E-state index is 0.0240. The van der Waals surface area contributed by atoms with E-state index in [1.807, 2.05) is 31.3 Å². The maximum absolute atomic E-state index is 12.6. The van der Waals surface area contributed by atoms with Gasteiger partial charge in [0, 0.05) is 35.5 Å². The molecule has 25 heavy (non-hydrogen) atoms. The summed E-state index contributed by atoms with van der Waals surface area (Å²) in [5.41, 5.74) is 2.33. The molecule has 0 unspecified atom stereocenters. The molecule has 4 rings (SSSR count). The molecule has 2 aliphatic heterocycles. The lowest BCUT2D eigenvalue weighted by atomic mass is 10.3. The van der Waals surface area contributed by atoms with Crippen molar-refractivity contribution >= 4 is 40.7 Å². The van der Waals surface area contributed by atoms with E-state index in [1.165, 1.54) is 15.5 Å². The van der Waals surface area contributed by atoms with Crippen molar-refractivity contribution in [2.24, 2.45) is 0 Å². The summed E-state index contributed by atoms with van der Waals surface area (Å²) < 4.78 is 0. The number of carbonyl (C=O) groups is 1. The first-order chi connectivity index (χ1) is 12.2. The molecule has 0 aromatic heterocycles. The van der Waals surface area contributed by atoms with Crippen LogP contribution in [0.4, 0.5) is 11.4 Å². The van der Waals surface area contributed by atoms with E-state index < -0.39 is 0 Å². The normalized spacial score (nSPS) is 18.8. The highest BCUT2D eigenvalue weighted by molar-refractivity contribution is 8.04. The quantitative estimate of drug-likeness (QED) is 0.702. The molecule has 0 saturated heterocycles. The number of carbonyl (C=O) groups excluding carboxylic acids is 1. The van der Waals surface area contributed by atoms with Crippen LogP contribution >= 0.6 is 23.5 Å². The van der Waals surface area contributed by atoms with Crippen molar-refractivity contribution in [2.75, 3.05) is 23.4 Å². The first-order valence-corrected chi connectivity index (χ1v) is 9.83. The Morgan fingerprint density at radius 2 is 1.48 bits per heavy atom. The van der Waals surface area contributed by atoms with Gasteiger partial charge < -0.3 is 9.80 Å². The third kappa shape index (κ3) is 2.98. The van der Waals surface area contributed by atoms with Crippen LogP contribution in [0.5, 0.6) is 0 Å². The fourth-order valence-electron chi connectivity index (χ4n) is 3.02. The first kappa shape index (κ1) is 16.4. The van der Waals surface area contributed by atoms with Gasteiger partial charge in [-0.15, -0.1) is 0 Å². The van der Waals surface area contributed by atoms with E-state index in [-0.39, 0.29) is 5.78 Å². The lowest BCUT2D eigenvalue weighted by Gasteiger charge is -2.17. The standard InChI is InChI=1S/C20H18N2OS2/c1-3-22-16-9-5-7-11-18(16)25-20(22)13-14(23)12-19-21(2)15-8-4-6-10-17(15)24-19/h4-13H,3H2,1-2H3. The number of thioether (sulfide) groups is 2. The number of hydrogen-bond donors (Lipinski definition) is 0. The molecule has 5 heteroatoms. The topological polar surface area (TPSA) is 23.6 Å². The number of benzene rings is 2. The number of fused-ring (bicyclic) bond motifs is 2. The summed E-state index contributed by atoms with van der Waals surface area (Å²) in [5, 5.41) is 1.96. The second-order valence-corrected chi connectivity index (χ2v) is 7.93. The average molecular weight is 367 g/mol. The lowest BCUT2D eigenvalue weighted by molar-refractivity contribution is -0.110. The van der Waals surface area contributed by atoms with E-state index >= 15 is 0 Å². The summed E-state index contributed by atoms with van der Waals surface area (Å²) in [7, 11) is 2.00. The van der Waals surface area contributed by atoms with Crippen LogP contribution in [0, 0.1) is 0 Å². The molecule has 3 nitrogen and oxygen atoms in total. The Kier molecular flexibility index (Phi) is 4.36. The van der Waals surface area contributed by atoms with Gasteiger partial charge in [-0.3, -0.25) is 4.79 Å². The Hall–Kier alpha value is -2.11. The molecular formula is C20H18N2OS2. The fourth-order valence-corrected chi connectivity index (χ4v) is 5.28. The third-order valence-electron chi connectivity index (χ3n) is 4.26. The Bertz CT molecular complexity index is 904. The minimum atomic E-state index is 0.0240. The molecular weight excluding hydrogens is 348 g/mol. The zero-order valence-electron chi connectivity index (χ0n) is 14.1. The Morgan fingerprint density at radius 1 is 0.920 bits per heavy atom. The second-order valence-electron chi connectivity index (χ2n) is 5.81. The van der Waals surface area contributed by atoms with Gasteiger partial charge >= 0.3 is 0 Å². The van der Waals surface area contributed by atoms with E-state index in [1.54, 1.807) is 35.7 Å². The van der Waals surface area contributed by atoms with Gasteiger partial charge in [0.1, 0.15) is 0 Å². The Morgan fingerprint density at radius 3 is 2.16 bits per heavy atom. The van der Waals surface area contributed by atoms with Gasteiger partial charge in [0.2, 0.25) is 0 Å². The fraction of sp³-hybridized carbons (Fsp3) is 0.150. The number of allylic oxidation sites excluding steroid dienone is 2.